The third kappa shape index (κ3) is 2.39. The number of pyridine rings is 1. The van der Waals surface area contributed by atoms with Crippen molar-refractivity contribution in [2.75, 3.05) is 6.61 Å². The van der Waals surface area contributed by atoms with E-state index in [1.807, 2.05) is 0 Å². The molecule has 2 nitrogen and oxygen atoms in total. The average Bonchev–Trinajstić information content (AvgIpc) is 2.52. The van der Waals surface area contributed by atoms with E-state index in [1.54, 1.807) is 0 Å². The van der Waals surface area contributed by atoms with Gasteiger partial charge < -0.3 is 4.74 Å². The van der Waals surface area contributed by atoms with Gasteiger partial charge in [0, 0.05) is 18.1 Å². The average molecular weight is 304 g/mol. The Morgan fingerprint density at radius 1 is 0.913 bits per heavy atom. The molecule has 23 heavy (non-hydrogen) atoms. The van der Waals surface area contributed by atoms with Crippen LogP contribution in [0.1, 0.15) is 24.0 Å². The summed E-state index contributed by atoms with van der Waals surface area (Å²) in [4.78, 5) is 0. The molecule has 0 radical (unpaired) electrons. The van der Waals surface area contributed by atoms with Crippen LogP contribution in [-0.4, -0.2) is 6.61 Å². The minimum atomic E-state index is 0.798. The van der Waals surface area contributed by atoms with Crippen LogP contribution in [0.3, 0.4) is 0 Å². The van der Waals surface area contributed by atoms with Gasteiger partial charge in [-0.1, -0.05) is 18.2 Å². The summed E-state index contributed by atoms with van der Waals surface area (Å²) >= 11 is 0. The van der Waals surface area contributed by atoms with E-state index in [0.717, 1.165) is 31.7 Å². The van der Waals surface area contributed by atoms with Crippen molar-refractivity contribution < 1.29 is 9.30 Å². The maximum absolute atomic E-state index is 6.28. The van der Waals surface area contributed by atoms with Gasteiger partial charge >= 0.3 is 0 Å². The van der Waals surface area contributed by atoms with Gasteiger partial charge in [0.05, 0.1) is 12.0 Å². The lowest BCUT2D eigenvalue weighted by Crippen LogP contribution is -2.35. The quantitative estimate of drug-likeness (QED) is 0.600. The Morgan fingerprint density at radius 2 is 1.74 bits per heavy atom. The fourth-order valence-electron chi connectivity index (χ4n) is 3.67. The predicted molar refractivity (Wildman–Crippen MR) is 93.8 cm³/mol. The second kappa shape index (κ2) is 5.69. The molecule has 0 aliphatic carbocycles. The van der Waals surface area contributed by atoms with E-state index in [-0.39, 0.29) is 0 Å². The number of hydrogen-bond acceptors (Lipinski definition) is 1. The van der Waals surface area contributed by atoms with Crippen molar-refractivity contribution in [1.29, 1.82) is 0 Å². The minimum absolute atomic E-state index is 0.798. The monoisotopic (exact) mass is 304 g/mol. The number of hydrogen-bond donors (Lipinski definition) is 0. The molecule has 3 aromatic rings. The summed E-state index contributed by atoms with van der Waals surface area (Å²) in [6.45, 7) is 6.22. The molecule has 0 saturated carbocycles. The number of aromatic nitrogens is 1. The van der Waals surface area contributed by atoms with Gasteiger partial charge in [0.25, 0.3) is 5.52 Å². The lowest BCUT2D eigenvalue weighted by molar-refractivity contribution is -0.672. The largest absolute Gasteiger partial charge is 0.487 e. The van der Waals surface area contributed by atoms with Gasteiger partial charge in [-0.15, -0.1) is 0 Å². The zero-order valence-electron chi connectivity index (χ0n) is 13.8. The molecule has 0 bridgehead atoms. The van der Waals surface area contributed by atoms with Crippen LogP contribution in [0.4, 0.5) is 0 Å². The summed E-state index contributed by atoms with van der Waals surface area (Å²) in [5.74, 6) is 1.04. The highest BCUT2D eigenvalue weighted by atomic mass is 16.5. The Balaban J connectivity index is 2.07. The summed E-state index contributed by atoms with van der Waals surface area (Å²) in [6.07, 6.45) is 4.44. The standard InChI is InChI=1S/C21H22NO/c1-15-7-5-8-16(2)19(15)18-11-10-17-9-6-13-22-12-3-4-14-23-21(18)20(17)22/h5-11,13H,3-4,12,14H2,1-2H3/q+1. The van der Waals surface area contributed by atoms with Crippen molar-refractivity contribution in [3.05, 3.63) is 59.8 Å². The Hall–Kier alpha value is -2.35. The van der Waals surface area contributed by atoms with E-state index < -0.39 is 0 Å². The van der Waals surface area contributed by atoms with E-state index in [1.165, 1.54) is 33.2 Å². The molecule has 0 N–H and O–H groups in total. The molecular formula is C21H22NO+. The van der Waals surface area contributed by atoms with Gasteiger partial charge in [0.15, 0.2) is 11.9 Å². The molecule has 2 aromatic carbocycles. The highest BCUT2D eigenvalue weighted by Gasteiger charge is 2.22. The first kappa shape index (κ1) is 14.3. The molecule has 0 fully saturated rings. The summed E-state index contributed by atoms with van der Waals surface area (Å²) in [7, 11) is 0. The Bertz CT molecular complexity index is 862. The van der Waals surface area contributed by atoms with E-state index in [2.05, 4.69) is 67.1 Å². The Labute approximate surface area is 137 Å². The van der Waals surface area contributed by atoms with Gasteiger partial charge in [-0.3, -0.25) is 0 Å². The van der Waals surface area contributed by atoms with E-state index in [4.69, 9.17) is 4.74 Å². The highest BCUT2D eigenvalue weighted by Crippen LogP contribution is 2.39. The van der Waals surface area contributed by atoms with Crippen LogP contribution in [0, 0.1) is 13.8 Å². The second-order valence-electron chi connectivity index (χ2n) is 6.40. The molecule has 0 atom stereocenters. The maximum atomic E-state index is 6.28. The number of rotatable bonds is 1. The van der Waals surface area contributed by atoms with Gasteiger partial charge in [-0.25, -0.2) is 0 Å². The molecule has 1 aliphatic rings. The molecular weight excluding hydrogens is 282 g/mol. The van der Waals surface area contributed by atoms with Crippen LogP contribution in [0.5, 0.6) is 5.75 Å². The smallest absolute Gasteiger partial charge is 0.255 e. The third-order valence-electron chi connectivity index (χ3n) is 4.78. The first-order valence-electron chi connectivity index (χ1n) is 8.40. The van der Waals surface area contributed by atoms with Crippen LogP contribution in [-0.2, 0) is 6.54 Å². The van der Waals surface area contributed by atoms with Gasteiger partial charge in [-0.05, 0) is 55.2 Å². The van der Waals surface area contributed by atoms with Crippen LogP contribution in [0.25, 0.3) is 22.0 Å². The van der Waals surface area contributed by atoms with Crippen molar-refractivity contribution in [3.63, 3.8) is 0 Å². The highest BCUT2D eigenvalue weighted by molar-refractivity contribution is 5.91. The lowest BCUT2D eigenvalue weighted by atomic mass is 9.94. The van der Waals surface area contributed by atoms with Crippen LogP contribution in [0.15, 0.2) is 48.7 Å². The molecule has 1 aliphatic heterocycles. The van der Waals surface area contributed by atoms with Crippen molar-refractivity contribution in [2.45, 2.75) is 33.2 Å². The van der Waals surface area contributed by atoms with Crippen molar-refractivity contribution in [2.24, 2.45) is 0 Å². The first-order valence-corrected chi connectivity index (χ1v) is 8.40. The van der Waals surface area contributed by atoms with Crippen molar-refractivity contribution >= 4 is 10.9 Å². The molecule has 4 rings (SSSR count). The topological polar surface area (TPSA) is 13.1 Å². The molecule has 0 spiro atoms. The van der Waals surface area contributed by atoms with Gasteiger partial charge in [0.2, 0.25) is 0 Å². The number of benzene rings is 2. The molecule has 0 amide bonds. The van der Waals surface area contributed by atoms with Crippen molar-refractivity contribution in [3.8, 4) is 16.9 Å². The molecule has 2 heterocycles. The second-order valence-corrected chi connectivity index (χ2v) is 6.40. The zero-order chi connectivity index (χ0) is 15.8. The zero-order valence-corrected chi connectivity index (χ0v) is 13.8. The summed E-state index contributed by atoms with van der Waals surface area (Å²) < 4.78 is 8.62. The first-order chi connectivity index (χ1) is 11.3. The SMILES string of the molecule is Cc1cccc(C)c1-c1ccc2ccc[n+]3c2c1OCCCC3. The minimum Gasteiger partial charge on any atom is -0.487 e. The molecule has 1 aromatic heterocycles. The predicted octanol–water partition coefficient (Wildman–Crippen LogP) is 4.58. The maximum Gasteiger partial charge on any atom is 0.255 e. The normalized spacial score (nSPS) is 14.2. The summed E-state index contributed by atoms with van der Waals surface area (Å²) in [5, 5.41) is 1.25. The van der Waals surface area contributed by atoms with Gasteiger partial charge in [0.1, 0.15) is 6.54 Å². The van der Waals surface area contributed by atoms with Gasteiger partial charge in [-0.2, -0.15) is 4.57 Å². The molecule has 116 valence electrons. The summed E-state index contributed by atoms with van der Waals surface area (Å²) in [5.41, 5.74) is 6.35. The van der Waals surface area contributed by atoms with Crippen LogP contribution < -0.4 is 9.30 Å². The summed E-state index contributed by atoms with van der Waals surface area (Å²) in [6, 6.07) is 15.2. The Kier molecular flexibility index (Phi) is 3.53. The number of ether oxygens (including phenoxy) is 1. The third-order valence-corrected chi connectivity index (χ3v) is 4.78. The van der Waals surface area contributed by atoms with Crippen LogP contribution in [0.2, 0.25) is 0 Å². The number of aryl methyl sites for hydroxylation is 3. The Morgan fingerprint density at radius 3 is 2.57 bits per heavy atom. The molecule has 0 saturated heterocycles. The molecule has 2 heteroatoms. The lowest BCUT2D eigenvalue weighted by Gasteiger charge is -2.18. The molecule has 0 unspecified atom stereocenters. The number of nitrogens with zero attached hydrogens (tertiary/aromatic N) is 1. The van der Waals surface area contributed by atoms with E-state index >= 15 is 0 Å². The fraction of sp³-hybridized carbons (Fsp3) is 0.286. The van der Waals surface area contributed by atoms with Crippen LogP contribution >= 0.6 is 0 Å². The van der Waals surface area contributed by atoms with E-state index in [0.29, 0.717) is 0 Å². The fourth-order valence-corrected chi connectivity index (χ4v) is 3.67. The van der Waals surface area contributed by atoms with Crippen molar-refractivity contribution in [1.82, 2.24) is 0 Å². The van der Waals surface area contributed by atoms with E-state index in [9.17, 15) is 0 Å².